The Morgan fingerprint density at radius 2 is 2.13 bits per heavy atom. The van der Waals surface area contributed by atoms with E-state index in [1.165, 1.54) is 16.9 Å². The summed E-state index contributed by atoms with van der Waals surface area (Å²) >= 11 is 3.33. The predicted molar refractivity (Wildman–Crippen MR) is 127 cm³/mol. The van der Waals surface area contributed by atoms with Gasteiger partial charge in [-0.15, -0.1) is 11.3 Å². The number of rotatable bonds is 7. The second kappa shape index (κ2) is 9.35. The lowest BCUT2D eigenvalue weighted by atomic mass is 9.97. The fourth-order valence-electron chi connectivity index (χ4n) is 4.49. The van der Waals surface area contributed by atoms with Gasteiger partial charge in [0, 0.05) is 17.2 Å². The largest absolute Gasteiger partial charge is 0.492 e. The van der Waals surface area contributed by atoms with Crippen LogP contribution in [0.15, 0.2) is 34.2 Å². The van der Waals surface area contributed by atoms with Gasteiger partial charge < -0.3 is 9.47 Å². The minimum atomic E-state index is 0.106. The topological polar surface area (TPSA) is 53.3 Å². The summed E-state index contributed by atoms with van der Waals surface area (Å²) in [5.41, 5.74) is 2.50. The van der Waals surface area contributed by atoms with E-state index in [0.717, 1.165) is 71.1 Å². The molecule has 0 saturated carbocycles. The summed E-state index contributed by atoms with van der Waals surface area (Å²) in [6.45, 7) is 4.00. The highest BCUT2D eigenvalue weighted by molar-refractivity contribution is 7.99. The van der Waals surface area contributed by atoms with E-state index in [4.69, 9.17) is 14.5 Å². The van der Waals surface area contributed by atoms with Crippen molar-refractivity contribution in [3.8, 4) is 5.75 Å². The normalized spacial score (nSPS) is 18.4. The van der Waals surface area contributed by atoms with Crippen LogP contribution < -0.4 is 10.3 Å². The lowest BCUT2D eigenvalue weighted by Gasteiger charge is -2.16. The van der Waals surface area contributed by atoms with Crippen LogP contribution in [-0.2, 0) is 24.1 Å². The van der Waals surface area contributed by atoms with Crippen LogP contribution >= 0.6 is 23.1 Å². The number of benzene rings is 1. The smallest absolute Gasteiger partial charge is 0.263 e. The molecular formula is C24H28N2O3S2. The molecule has 164 valence electrons. The summed E-state index contributed by atoms with van der Waals surface area (Å²) in [6.07, 6.45) is 6.63. The lowest BCUT2D eigenvalue weighted by molar-refractivity contribution is 0.0937. The van der Waals surface area contributed by atoms with Gasteiger partial charge in [-0.1, -0.05) is 30.0 Å². The molecule has 1 aromatic carbocycles. The van der Waals surface area contributed by atoms with E-state index in [2.05, 4.69) is 13.0 Å². The fourth-order valence-corrected chi connectivity index (χ4v) is 6.61. The van der Waals surface area contributed by atoms with Crippen LogP contribution in [0, 0.1) is 6.92 Å². The molecule has 0 bridgehead atoms. The summed E-state index contributed by atoms with van der Waals surface area (Å²) in [4.78, 5) is 20.8. The second-order valence-corrected chi connectivity index (χ2v) is 10.4. The van der Waals surface area contributed by atoms with Crippen molar-refractivity contribution in [1.29, 1.82) is 0 Å². The molecule has 1 unspecified atom stereocenters. The van der Waals surface area contributed by atoms with Crippen LogP contribution in [0.3, 0.4) is 0 Å². The Kier molecular flexibility index (Phi) is 6.34. The van der Waals surface area contributed by atoms with Gasteiger partial charge in [0.1, 0.15) is 10.6 Å². The van der Waals surface area contributed by atoms with Gasteiger partial charge in [-0.2, -0.15) is 0 Å². The molecule has 1 aliphatic carbocycles. The first kappa shape index (κ1) is 21.0. The number of hydrogen-bond acceptors (Lipinski definition) is 6. The van der Waals surface area contributed by atoms with Crippen molar-refractivity contribution >= 4 is 33.3 Å². The van der Waals surface area contributed by atoms with Crippen LogP contribution in [0.4, 0.5) is 0 Å². The monoisotopic (exact) mass is 456 g/mol. The Labute approximate surface area is 190 Å². The molecule has 5 nitrogen and oxygen atoms in total. The molecule has 1 atom stereocenters. The van der Waals surface area contributed by atoms with Crippen LogP contribution in [0.5, 0.6) is 5.75 Å². The van der Waals surface area contributed by atoms with E-state index in [-0.39, 0.29) is 11.7 Å². The first-order valence-corrected chi connectivity index (χ1v) is 13.0. The SMILES string of the molecule is Cc1ccccc1OCCSc1nc2sc3c(c2c(=O)n1CC1CCCO1)CCCC3. The maximum absolute atomic E-state index is 13.6. The van der Waals surface area contributed by atoms with Crippen LogP contribution in [0.2, 0.25) is 0 Å². The average Bonchev–Trinajstić information content (AvgIpc) is 3.42. The molecule has 31 heavy (non-hydrogen) atoms. The van der Waals surface area contributed by atoms with Crippen molar-refractivity contribution < 1.29 is 9.47 Å². The van der Waals surface area contributed by atoms with Crippen LogP contribution in [0.1, 0.15) is 41.7 Å². The molecule has 2 aromatic heterocycles. The zero-order valence-electron chi connectivity index (χ0n) is 17.9. The van der Waals surface area contributed by atoms with E-state index in [1.54, 1.807) is 23.1 Å². The molecule has 1 aliphatic heterocycles. The average molecular weight is 457 g/mol. The summed E-state index contributed by atoms with van der Waals surface area (Å²) < 4.78 is 13.7. The third kappa shape index (κ3) is 4.41. The second-order valence-electron chi connectivity index (χ2n) is 8.30. The van der Waals surface area contributed by atoms with Crippen molar-refractivity contribution in [3.05, 3.63) is 50.6 Å². The van der Waals surface area contributed by atoms with Gasteiger partial charge in [-0.05, 0) is 62.6 Å². The number of thiophene rings is 1. The van der Waals surface area contributed by atoms with Gasteiger partial charge >= 0.3 is 0 Å². The first-order valence-electron chi connectivity index (χ1n) is 11.2. The quantitative estimate of drug-likeness (QED) is 0.285. The van der Waals surface area contributed by atoms with E-state index in [0.29, 0.717) is 13.2 Å². The van der Waals surface area contributed by atoms with Crippen LogP contribution in [0.25, 0.3) is 10.2 Å². The van der Waals surface area contributed by atoms with E-state index >= 15 is 0 Å². The first-order chi connectivity index (χ1) is 15.2. The number of thioether (sulfide) groups is 1. The molecule has 0 amide bonds. The molecule has 3 heterocycles. The van der Waals surface area contributed by atoms with Crippen molar-refractivity contribution in [1.82, 2.24) is 9.55 Å². The van der Waals surface area contributed by atoms with Gasteiger partial charge in [-0.25, -0.2) is 4.98 Å². The van der Waals surface area contributed by atoms with Crippen LogP contribution in [-0.4, -0.2) is 34.6 Å². The van der Waals surface area contributed by atoms with Gasteiger partial charge in [0.2, 0.25) is 0 Å². The van der Waals surface area contributed by atoms with Gasteiger partial charge in [0.25, 0.3) is 5.56 Å². The van der Waals surface area contributed by atoms with Crippen molar-refractivity contribution in [2.45, 2.75) is 63.3 Å². The Morgan fingerprint density at radius 1 is 1.26 bits per heavy atom. The van der Waals surface area contributed by atoms with E-state index in [9.17, 15) is 4.79 Å². The maximum atomic E-state index is 13.6. The summed E-state index contributed by atoms with van der Waals surface area (Å²) in [5, 5.41) is 1.65. The molecule has 3 aromatic rings. The maximum Gasteiger partial charge on any atom is 0.263 e. The number of aryl methyl sites for hydroxylation is 3. The molecule has 5 rings (SSSR count). The van der Waals surface area contributed by atoms with Crippen molar-refractivity contribution in [3.63, 3.8) is 0 Å². The molecule has 0 radical (unpaired) electrons. The molecule has 0 spiro atoms. The Hall–Kier alpha value is -1.83. The fraction of sp³-hybridized carbons (Fsp3) is 0.500. The minimum Gasteiger partial charge on any atom is -0.492 e. The highest BCUT2D eigenvalue weighted by Crippen LogP contribution is 2.35. The highest BCUT2D eigenvalue weighted by atomic mass is 32.2. The number of aromatic nitrogens is 2. The third-order valence-electron chi connectivity index (χ3n) is 6.12. The molecule has 2 aliphatic rings. The number of fused-ring (bicyclic) bond motifs is 3. The highest BCUT2D eigenvalue weighted by Gasteiger charge is 2.24. The van der Waals surface area contributed by atoms with Gasteiger partial charge in [0.15, 0.2) is 5.16 Å². The standard InChI is InChI=1S/C24H28N2O3S2/c1-16-7-2-4-10-19(16)29-13-14-30-24-25-22-21(18-9-3-5-11-20(18)31-22)23(27)26(24)15-17-8-6-12-28-17/h2,4,7,10,17H,3,5-6,8-9,11-15H2,1H3. The number of para-hydroxylation sites is 1. The third-order valence-corrected chi connectivity index (χ3v) is 8.24. The molecule has 1 saturated heterocycles. The van der Waals surface area contributed by atoms with Gasteiger partial charge in [-0.3, -0.25) is 9.36 Å². The van der Waals surface area contributed by atoms with Gasteiger partial charge in [0.05, 0.1) is 24.6 Å². The zero-order valence-corrected chi connectivity index (χ0v) is 19.5. The molecule has 7 heteroatoms. The summed E-state index contributed by atoms with van der Waals surface area (Å²) in [5.74, 6) is 1.65. The molecule has 0 N–H and O–H groups in total. The number of ether oxygens (including phenoxy) is 2. The van der Waals surface area contributed by atoms with Crippen molar-refractivity contribution in [2.24, 2.45) is 0 Å². The Bertz CT molecular complexity index is 1130. The molecular weight excluding hydrogens is 428 g/mol. The van der Waals surface area contributed by atoms with Crippen molar-refractivity contribution in [2.75, 3.05) is 19.0 Å². The number of hydrogen-bond donors (Lipinski definition) is 0. The van der Waals surface area contributed by atoms with E-state index in [1.807, 2.05) is 22.8 Å². The minimum absolute atomic E-state index is 0.106. The lowest BCUT2D eigenvalue weighted by Crippen LogP contribution is -2.29. The van der Waals surface area contributed by atoms with E-state index < -0.39 is 0 Å². The summed E-state index contributed by atoms with van der Waals surface area (Å²) in [7, 11) is 0. The number of nitrogens with zero attached hydrogens (tertiary/aromatic N) is 2. The predicted octanol–water partition coefficient (Wildman–Crippen LogP) is 5.00. The zero-order chi connectivity index (χ0) is 21.2. The Balaban J connectivity index is 1.41. The Morgan fingerprint density at radius 3 is 2.97 bits per heavy atom. The molecule has 1 fully saturated rings. The summed E-state index contributed by atoms with van der Waals surface area (Å²) in [6, 6.07) is 8.05.